The summed E-state index contributed by atoms with van der Waals surface area (Å²) in [6.07, 6.45) is 0. The van der Waals surface area contributed by atoms with Gasteiger partial charge in [-0.1, -0.05) is 0 Å². The molecule has 1 heterocycles. The van der Waals surface area contributed by atoms with Gasteiger partial charge >= 0.3 is 5.97 Å². The van der Waals surface area contributed by atoms with Gasteiger partial charge < -0.3 is 14.6 Å². The van der Waals surface area contributed by atoms with Gasteiger partial charge in [0, 0.05) is 12.7 Å². The Morgan fingerprint density at radius 3 is 2.75 bits per heavy atom. The molecule has 0 unspecified atom stereocenters. The van der Waals surface area contributed by atoms with E-state index in [1.54, 1.807) is 6.07 Å². The number of nitrogens with one attached hydrogen (secondary N) is 1. The van der Waals surface area contributed by atoms with Crippen molar-refractivity contribution < 1.29 is 23.8 Å². The highest BCUT2D eigenvalue weighted by Crippen LogP contribution is 2.30. The molecule has 2 N–H and O–H groups in total. The van der Waals surface area contributed by atoms with Crippen LogP contribution in [-0.4, -0.2) is 35.5 Å². The molecule has 0 atom stereocenters. The number of nitrogens with zero attached hydrogens (tertiary/aromatic N) is 1. The Balaban J connectivity index is 2.51. The Labute approximate surface area is 114 Å². The van der Waals surface area contributed by atoms with Gasteiger partial charge in [-0.05, 0) is 18.2 Å². The Morgan fingerprint density at radius 2 is 2.20 bits per heavy atom. The molecule has 0 radical (unpaired) electrons. The minimum absolute atomic E-state index is 0.0407. The van der Waals surface area contributed by atoms with E-state index in [-0.39, 0.29) is 29.1 Å². The van der Waals surface area contributed by atoms with Crippen molar-refractivity contribution in [3.8, 4) is 17.0 Å². The van der Waals surface area contributed by atoms with Crippen LogP contribution in [0, 0.1) is 5.82 Å². The number of carbonyl (C=O) groups is 1. The largest absolute Gasteiger partial charge is 0.496 e. The summed E-state index contributed by atoms with van der Waals surface area (Å²) in [6.45, 7) is 0.0407. The van der Waals surface area contributed by atoms with Crippen LogP contribution in [0.4, 0.5) is 4.39 Å². The van der Waals surface area contributed by atoms with Crippen LogP contribution >= 0.6 is 0 Å². The third kappa shape index (κ3) is 2.48. The molecule has 0 spiro atoms. The van der Waals surface area contributed by atoms with Gasteiger partial charge in [0.1, 0.15) is 17.3 Å². The highest BCUT2D eigenvalue weighted by molar-refractivity contribution is 5.86. The number of hydrogen-bond donors (Lipinski definition) is 2. The Bertz CT molecular complexity index is 639. The molecule has 106 valence electrons. The molecule has 0 fully saturated rings. The standard InChI is InChI=1S/C13H13FN2O4/c1-19-6-8-11(20-2)4-3-7(12(8)14)9-5-10(13(17)18)16-15-9/h3-5H,6H2,1-2H3,(H,15,16)(H,17,18). The van der Waals surface area contributed by atoms with Crippen molar-refractivity contribution in [1.82, 2.24) is 10.2 Å². The number of benzene rings is 1. The van der Waals surface area contributed by atoms with E-state index in [1.807, 2.05) is 0 Å². The number of hydrogen-bond acceptors (Lipinski definition) is 4. The summed E-state index contributed by atoms with van der Waals surface area (Å²) in [5.41, 5.74) is 0.539. The van der Waals surface area contributed by atoms with Crippen molar-refractivity contribution in [1.29, 1.82) is 0 Å². The second kappa shape index (κ2) is 5.70. The third-order valence-electron chi connectivity index (χ3n) is 2.79. The van der Waals surface area contributed by atoms with Gasteiger partial charge in [0.25, 0.3) is 0 Å². The van der Waals surface area contributed by atoms with Gasteiger partial charge in [0.15, 0.2) is 0 Å². The van der Waals surface area contributed by atoms with E-state index in [0.29, 0.717) is 5.75 Å². The summed E-state index contributed by atoms with van der Waals surface area (Å²) in [7, 11) is 2.88. The van der Waals surface area contributed by atoms with Crippen molar-refractivity contribution in [2.24, 2.45) is 0 Å². The molecule has 0 bridgehead atoms. The zero-order valence-electron chi connectivity index (χ0n) is 10.9. The number of carboxylic acid groups (broad SMARTS) is 1. The van der Waals surface area contributed by atoms with E-state index in [1.165, 1.54) is 26.4 Å². The monoisotopic (exact) mass is 280 g/mol. The minimum Gasteiger partial charge on any atom is -0.496 e. The van der Waals surface area contributed by atoms with E-state index in [9.17, 15) is 9.18 Å². The van der Waals surface area contributed by atoms with Gasteiger partial charge in [0.05, 0.1) is 25.0 Å². The van der Waals surface area contributed by atoms with Gasteiger partial charge in [-0.15, -0.1) is 0 Å². The summed E-state index contributed by atoms with van der Waals surface area (Å²) in [5, 5.41) is 15.0. The van der Waals surface area contributed by atoms with E-state index >= 15 is 0 Å². The van der Waals surface area contributed by atoms with Crippen LogP contribution in [-0.2, 0) is 11.3 Å². The van der Waals surface area contributed by atoms with Crippen molar-refractivity contribution in [3.63, 3.8) is 0 Å². The molecule has 7 heteroatoms. The molecule has 0 amide bonds. The molecule has 0 aliphatic heterocycles. The van der Waals surface area contributed by atoms with Crippen LogP contribution in [0.25, 0.3) is 11.3 Å². The zero-order valence-corrected chi connectivity index (χ0v) is 10.9. The van der Waals surface area contributed by atoms with Crippen LogP contribution in [0.3, 0.4) is 0 Å². The number of aromatic nitrogens is 2. The lowest BCUT2D eigenvalue weighted by molar-refractivity contribution is 0.0690. The summed E-state index contributed by atoms with van der Waals surface area (Å²) in [5.74, 6) is -1.34. The van der Waals surface area contributed by atoms with Crippen molar-refractivity contribution in [2.45, 2.75) is 6.61 Å². The number of H-pyrrole nitrogens is 1. The van der Waals surface area contributed by atoms with E-state index in [2.05, 4.69) is 10.2 Å². The zero-order chi connectivity index (χ0) is 14.7. The van der Waals surface area contributed by atoms with Crippen LogP contribution in [0.15, 0.2) is 18.2 Å². The highest BCUT2D eigenvalue weighted by atomic mass is 19.1. The number of rotatable bonds is 5. The van der Waals surface area contributed by atoms with Crippen LogP contribution in [0.5, 0.6) is 5.75 Å². The quantitative estimate of drug-likeness (QED) is 0.875. The summed E-state index contributed by atoms with van der Waals surface area (Å²) in [4.78, 5) is 10.8. The van der Waals surface area contributed by atoms with E-state index in [4.69, 9.17) is 14.6 Å². The summed E-state index contributed by atoms with van der Waals surface area (Å²) < 4.78 is 24.5. The summed E-state index contributed by atoms with van der Waals surface area (Å²) >= 11 is 0. The molecule has 2 rings (SSSR count). The number of halogens is 1. The Hall–Kier alpha value is -2.41. The lowest BCUT2D eigenvalue weighted by Crippen LogP contribution is -2.00. The summed E-state index contributed by atoms with van der Waals surface area (Å²) in [6, 6.07) is 4.33. The molecule has 20 heavy (non-hydrogen) atoms. The van der Waals surface area contributed by atoms with Crippen molar-refractivity contribution >= 4 is 5.97 Å². The van der Waals surface area contributed by atoms with Crippen molar-refractivity contribution in [3.05, 3.63) is 35.3 Å². The Morgan fingerprint density at radius 1 is 1.45 bits per heavy atom. The molecule has 1 aromatic carbocycles. The molecule has 1 aromatic heterocycles. The fourth-order valence-corrected chi connectivity index (χ4v) is 1.84. The first-order valence-corrected chi connectivity index (χ1v) is 5.71. The molecular weight excluding hydrogens is 267 g/mol. The molecule has 0 aliphatic carbocycles. The van der Waals surface area contributed by atoms with E-state index < -0.39 is 11.8 Å². The predicted octanol–water partition coefficient (Wildman–Crippen LogP) is 2.07. The molecule has 0 saturated heterocycles. The maximum absolute atomic E-state index is 14.4. The SMILES string of the molecule is COCc1c(OC)ccc(-c2cc(C(=O)O)[nH]n2)c1F. The number of ether oxygens (including phenoxy) is 2. The first-order chi connectivity index (χ1) is 9.58. The number of carboxylic acids is 1. The molecule has 0 aliphatic rings. The van der Waals surface area contributed by atoms with Gasteiger partial charge in [0.2, 0.25) is 0 Å². The molecule has 0 saturated carbocycles. The first-order valence-electron chi connectivity index (χ1n) is 5.71. The predicted molar refractivity (Wildman–Crippen MR) is 68.2 cm³/mol. The van der Waals surface area contributed by atoms with Crippen molar-refractivity contribution in [2.75, 3.05) is 14.2 Å². The topological polar surface area (TPSA) is 84.4 Å². The lowest BCUT2D eigenvalue weighted by Gasteiger charge is -2.11. The first kappa shape index (κ1) is 14.0. The maximum atomic E-state index is 14.4. The fourth-order valence-electron chi connectivity index (χ4n) is 1.84. The normalized spacial score (nSPS) is 10.6. The molecule has 6 nitrogen and oxygen atoms in total. The van der Waals surface area contributed by atoms with Gasteiger partial charge in [-0.3, -0.25) is 5.10 Å². The maximum Gasteiger partial charge on any atom is 0.353 e. The fraction of sp³-hybridized carbons (Fsp3) is 0.231. The average molecular weight is 280 g/mol. The Kier molecular flexibility index (Phi) is 3.99. The molecule has 2 aromatic rings. The van der Waals surface area contributed by atoms with E-state index in [0.717, 1.165) is 0 Å². The second-order valence-corrected chi connectivity index (χ2v) is 4.01. The second-order valence-electron chi connectivity index (χ2n) is 4.01. The minimum atomic E-state index is -1.16. The lowest BCUT2D eigenvalue weighted by atomic mass is 10.1. The smallest absolute Gasteiger partial charge is 0.353 e. The number of aromatic carboxylic acids is 1. The third-order valence-corrected chi connectivity index (χ3v) is 2.79. The van der Waals surface area contributed by atoms with Crippen LogP contribution in [0.2, 0.25) is 0 Å². The van der Waals surface area contributed by atoms with Gasteiger partial charge in [-0.2, -0.15) is 5.10 Å². The number of aromatic amines is 1. The van der Waals surface area contributed by atoms with Crippen LogP contribution < -0.4 is 4.74 Å². The number of methoxy groups -OCH3 is 2. The highest BCUT2D eigenvalue weighted by Gasteiger charge is 2.18. The van der Waals surface area contributed by atoms with Crippen LogP contribution in [0.1, 0.15) is 16.1 Å². The average Bonchev–Trinajstić information content (AvgIpc) is 2.91. The van der Waals surface area contributed by atoms with Gasteiger partial charge in [-0.25, -0.2) is 9.18 Å². The molecular formula is C13H13FN2O4.